The third kappa shape index (κ3) is 16.9. The maximum Gasteiger partial charge on any atom is 0.251 e. The minimum atomic E-state index is -0.902. The highest BCUT2D eigenvalue weighted by atomic mass is 16.2. The van der Waals surface area contributed by atoms with Gasteiger partial charge in [0.1, 0.15) is 24.2 Å². The molecule has 0 bridgehead atoms. The molecule has 0 saturated carbocycles. The summed E-state index contributed by atoms with van der Waals surface area (Å²) in [5.74, 6) is -2.68. The number of amides is 8. The number of nitrogens with zero attached hydrogens (tertiary/aromatic N) is 2. The van der Waals surface area contributed by atoms with Crippen LogP contribution in [-0.2, 0) is 28.8 Å². The first kappa shape index (κ1) is 61.4. The summed E-state index contributed by atoms with van der Waals surface area (Å²) < 4.78 is 0. The van der Waals surface area contributed by atoms with Crippen molar-refractivity contribution in [1.82, 2.24) is 52.3 Å². The van der Waals surface area contributed by atoms with E-state index in [0.717, 1.165) is 22.3 Å². The van der Waals surface area contributed by atoms with E-state index in [1.165, 1.54) is 6.07 Å². The van der Waals surface area contributed by atoms with Gasteiger partial charge in [-0.15, -0.1) is 0 Å². The minimum Gasteiger partial charge on any atom is -0.352 e. The topological polar surface area (TPSA) is 239 Å². The van der Waals surface area contributed by atoms with Gasteiger partial charge in [-0.05, 0) is 133 Å². The Kier molecular flexibility index (Phi) is 23.3. The standard InChI is InChI=1S/C64H80N10O8/c1-43(65-3)57(75)69-51(63(81)73-40-22-36-53(73)61(79)71-55(45-24-9-5-10-25-45)46-26-11-6-12-27-46)34-17-19-38-67-59(77)49-32-21-33-50(42-49)60(78)68-39-20-18-35-52(70-58(76)44(2)66-4)64(82)74-41-23-37-54(74)62(80)72-56(47-28-13-7-14-29-47)48-30-15-8-16-31-48/h5-16,21,24-33,42-44,51-56,65-66H,17-20,22-23,34-41H2,1-4H3,(H,67,77)(H,68,78)(H,69,75)(H,70,76)(H,71,79)(H,72,80). The van der Waals surface area contributed by atoms with Crippen molar-refractivity contribution >= 4 is 47.3 Å². The molecule has 2 aliphatic rings. The predicted molar refractivity (Wildman–Crippen MR) is 315 cm³/mol. The zero-order valence-electron chi connectivity index (χ0n) is 47.5. The second-order valence-electron chi connectivity index (χ2n) is 21.1. The molecule has 82 heavy (non-hydrogen) atoms. The van der Waals surface area contributed by atoms with Crippen molar-refractivity contribution in [3.8, 4) is 0 Å². The molecule has 434 valence electrons. The maximum atomic E-state index is 14.3. The quantitative estimate of drug-likeness (QED) is 0.0294. The van der Waals surface area contributed by atoms with Gasteiger partial charge in [-0.1, -0.05) is 127 Å². The molecule has 0 radical (unpaired) electrons. The largest absolute Gasteiger partial charge is 0.352 e. The molecule has 8 N–H and O–H groups in total. The highest BCUT2D eigenvalue weighted by Crippen LogP contribution is 2.28. The fraction of sp³-hybridized carbons (Fsp3) is 0.406. The molecule has 0 aliphatic carbocycles. The number of likely N-dealkylation sites (tertiary alicyclic amines) is 2. The maximum absolute atomic E-state index is 14.3. The van der Waals surface area contributed by atoms with Gasteiger partial charge in [0, 0.05) is 37.3 Å². The lowest BCUT2D eigenvalue weighted by Gasteiger charge is -2.30. The van der Waals surface area contributed by atoms with Crippen LogP contribution in [0.2, 0.25) is 0 Å². The highest BCUT2D eigenvalue weighted by Gasteiger charge is 2.40. The Labute approximate surface area is 481 Å². The number of rotatable bonds is 28. The summed E-state index contributed by atoms with van der Waals surface area (Å²) in [6.07, 6.45) is 4.69. The summed E-state index contributed by atoms with van der Waals surface area (Å²) in [5, 5.41) is 23.9. The van der Waals surface area contributed by atoms with E-state index < -0.39 is 48.3 Å². The molecule has 2 saturated heterocycles. The number of nitrogens with one attached hydrogen (secondary N) is 8. The van der Waals surface area contributed by atoms with Crippen LogP contribution in [0.25, 0.3) is 0 Å². The molecule has 7 rings (SSSR count). The van der Waals surface area contributed by atoms with Crippen LogP contribution in [0.1, 0.15) is 133 Å². The van der Waals surface area contributed by atoms with Crippen LogP contribution in [0.3, 0.4) is 0 Å². The van der Waals surface area contributed by atoms with Gasteiger partial charge < -0.3 is 52.3 Å². The monoisotopic (exact) mass is 1120 g/mol. The van der Waals surface area contributed by atoms with Crippen LogP contribution in [0.15, 0.2) is 146 Å². The minimum absolute atomic E-state index is 0.262. The number of carbonyl (C=O) groups excluding carboxylic acids is 8. The molecule has 6 atom stereocenters. The van der Waals surface area contributed by atoms with Crippen LogP contribution in [0.5, 0.6) is 0 Å². The average molecular weight is 1120 g/mol. The van der Waals surface area contributed by atoms with Gasteiger partial charge in [0.15, 0.2) is 0 Å². The van der Waals surface area contributed by atoms with E-state index in [-0.39, 0.29) is 84.3 Å². The molecule has 2 fully saturated rings. The Morgan fingerprint density at radius 3 is 1.12 bits per heavy atom. The lowest BCUT2D eigenvalue weighted by atomic mass is 9.98. The summed E-state index contributed by atoms with van der Waals surface area (Å²) >= 11 is 0. The first-order valence-electron chi connectivity index (χ1n) is 28.8. The van der Waals surface area contributed by atoms with Crippen molar-refractivity contribution in [1.29, 1.82) is 0 Å². The summed E-state index contributed by atoms with van der Waals surface area (Å²) in [7, 11) is 3.32. The molecule has 2 heterocycles. The fourth-order valence-corrected chi connectivity index (χ4v) is 10.5. The first-order chi connectivity index (χ1) is 39.8. The summed E-state index contributed by atoms with van der Waals surface area (Å²) in [4.78, 5) is 113. The van der Waals surface area contributed by atoms with Crippen LogP contribution >= 0.6 is 0 Å². The van der Waals surface area contributed by atoms with Crippen LogP contribution in [0, 0.1) is 0 Å². The number of carbonyl (C=O) groups is 8. The van der Waals surface area contributed by atoms with E-state index in [1.807, 2.05) is 121 Å². The van der Waals surface area contributed by atoms with E-state index in [0.29, 0.717) is 64.5 Å². The van der Waals surface area contributed by atoms with Gasteiger partial charge in [0.05, 0.1) is 24.2 Å². The molecule has 2 aliphatic heterocycles. The normalized spacial score (nSPS) is 16.4. The summed E-state index contributed by atoms with van der Waals surface area (Å²) in [6, 6.07) is 39.8. The van der Waals surface area contributed by atoms with Crippen LogP contribution in [-0.4, -0.2) is 134 Å². The van der Waals surface area contributed by atoms with Crippen molar-refractivity contribution < 1.29 is 38.4 Å². The molecule has 18 nitrogen and oxygen atoms in total. The SMILES string of the molecule is CNC(C)C(=O)NC(CCCCNC(=O)c1cccc(C(=O)NCCCCC(NC(=O)C(C)NC)C(=O)N2CCCC2C(=O)NC(c2ccccc2)c2ccccc2)c1)C(=O)N1CCCC1C(=O)NC(c1ccccc1)c1ccccc1. The number of hydrogen-bond donors (Lipinski definition) is 8. The highest BCUT2D eigenvalue weighted by molar-refractivity contribution is 6.00. The number of benzene rings is 5. The van der Waals surface area contributed by atoms with Crippen molar-refractivity contribution in [2.24, 2.45) is 0 Å². The Hall–Kier alpha value is -8.22. The van der Waals surface area contributed by atoms with Gasteiger partial charge in [0.25, 0.3) is 11.8 Å². The van der Waals surface area contributed by atoms with Gasteiger partial charge >= 0.3 is 0 Å². The average Bonchev–Trinajstić information content (AvgIpc) is 4.41. The van der Waals surface area contributed by atoms with Crippen LogP contribution < -0.4 is 42.5 Å². The number of unbranched alkanes of at least 4 members (excludes halogenated alkanes) is 2. The van der Waals surface area contributed by atoms with Crippen LogP contribution in [0.4, 0.5) is 0 Å². The zero-order valence-corrected chi connectivity index (χ0v) is 47.5. The van der Waals surface area contributed by atoms with E-state index in [2.05, 4.69) is 42.5 Å². The Balaban J connectivity index is 0.885. The smallest absolute Gasteiger partial charge is 0.251 e. The van der Waals surface area contributed by atoms with E-state index in [1.54, 1.807) is 55.9 Å². The fourth-order valence-electron chi connectivity index (χ4n) is 10.5. The Morgan fingerprint density at radius 2 is 0.793 bits per heavy atom. The molecular formula is C64H80N10O8. The molecule has 5 aromatic carbocycles. The molecule has 5 aromatic rings. The Morgan fingerprint density at radius 1 is 0.451 bits per heavy atom. The lowest BCUT2D eigenvalue weighted by Crippen LogP contribution is -2.55. The van der Waals surface area contributed by atoms with Crippen molar-refractivity contribution in [2.45, 2.75) is 126 Å². The zero-order chi connectivity index (χ0) is 58.4. The third-order valence-corrected chi connectivity index (χ3v) is 15.5. The summed E-state index contributed by atoms with van der Waals surface area (Å²) in [5.41, 5.74) is 4.21. The summed E-state index contributed by atoms with van der Waals surface area (Å²) in [6.45, 7) is 4.67. The van der Waals surface area contributed by atoms with Gasteiger partial charge in [0.2, 0.25) is 35.4 Å². The molecule has 0 aromatic heterocycles. The molecule has 0 spiro atoms. The van der Waals surface area contributed by atoms with Crippen molar-refractivity contribution in [3.05, 3.63) is 179 Å². The molecule has 6 unspecified atom stereocenters. The van der Waals surface area contributed by atoms with Crippen molar-refractivity contribution in [3.63, 3.8) is 0 Å². The van der Waals surface area contributed by atoms with Crippen molar-refractivity contribution in [2.75, 3.05) is 40.3 Å². The molecule has 8 amide bonds. The third-order valence-electron chi connectivity index (χ3n) is 15.5. The van der Waals surface area contributed by atoms with E-state index in [9.17, 15) is 38.4 Å². The number of hydrogen-bond acceptors (Lipinski definition) is 10. The van der Waals surface area contributed by atoms with E-state index >= 15 is 0 Å². The predicted octanol–water partition coefficient (Wildman–Crippen LogP) is 5.47. The van der Waals surface area contributed by atoms with Gasteiger partial charge in [-0.25, -0.2) is 0 Å². The van der Waals surface area contributed by atoms with E-state index in [4.69, 9.17) is 0 Å². The molecular weight excluding hydrogens is 1040 g/mol. The second-order valence-corrected chi connectivity index (χ2v) is 21.1. The van der Waals surface area contributed by atoms with Gasteiger partial charge in [-0.3, -0.25) is 38.4 Å². The lowest BCUT2D eigenvalue weighted by molar-refractivity contribution is -0.142. The number of likely N-dealkylation sites (N-methyl/N-ethyl adjacent to an activating group) is 2. The second kappa shape index (κ2) is 31.1. The first-order valence-corrected chi connectivity index (χ1v) is 28.8. The van der Waals surface area contributed by atoms with Gasteiger partial charge in [-0.2, -0.15) is 0 Å². The molecule has 18 heteroatoms. The Bertz CT molecular complexity index is 2640.